The van der Waals surface area contributed by atoms with Crippen molar-refractivity contribution in [1.82, 2.24) is 0 Å². The molecule has 0 atom stereocenters. The number of nitro benzene ring substituents is 1. The number of nitrogens with zero attached hydrogens (tertiary/aromatic N) is 1. The minimum absolute atomic E-state index is 0.124. The first kappa shape index (κ1) is 14.5. The normalized spacial score (nSPS) is 10.0. The molecule has 0 fully saturated rings. The number of methoxy groups -OCH3 is 2. The summed E-state index contributed by atoms with van der Waals surface area (Å²) in [4.78, 5) is 22.6. The summed E-state index contributed by atoms with van der Waals surface area (Å²) in [5.74, 6) is 0.613. The first-order valence-corrected chi connectivity index (χ1v) is 6.08. The lowest BCUT2D eigenvalue weighted by molar-refractivity contribution is -0.384. The maximum absolute atomic E-state index is 12.4. The van der Waals surface area contributed by atoms with E-state index in [1.54, 1.807) is 18.2 Å². The summed E-state index contributed by atoms with van der Waals surface area (Å²) >= 11 is 0. The minimum atomic E-state index is -0.536. The van der Waals surface area contributed by atoms with E-state index in [4.69, 9.17) is 9.47 Å². The summed E-state index contributed by atoms with van der Waals surface area (Å²) in [5, 5.41) is 10.8. The Morgan fingerprint density at radius 2 is 1.67 bits per heavy atom. The van der Waals surface area contributed by atoms with Gasteiger partial charge in [0.1, 0.15) is 0 Å². The molecule has 6 heteroatoms. The molecule has 0 amide bonds. The molecule has 0 aromatic heterocycles. The zero-order chi connectivity index (χ0) is 15.4. The van der Waals surface area contributed by atoms with Crippen LogP contribution >= 0.6 is 0 Å². The second kappa shape index (κ2) is 6.04. The van der Waals surface area contributed by atoms with Gasteiger partial charge in [0.15, 0.2) is 17.3 Å². The van der Waals surface area contributed by atoms with Gasteiger partial charge in [-0.25, -0.2) is 0 Å². The molecule has 0 N–H and O–H groups in total. The van der Waals surface area contributed by atoms with Crippen LogP contribution in [0.25, 0.3) is 0 Å². The van der Waals surface area contributed by atoms with E-state index >= 15 is 0 Å². The van der Waals surface area contributed by atoms with Gasteiger partial charge in [-0.2, -0.15) is 0 Å². The highest BCUT2D eigenvalue weighted by molar-refractivity contribution is 6.09. The molecule has 2 rings (SSSR count). The Morgan fingerprint density at radius 3 is 2.29 bits per heavy atom. The van der Waals surface area contributed by atoms with Crippen molar-refractivity contribution in [2.75, 3.05) is 14.2 Å². The Labute approximate surface area is 121 Å². The molecule has 0 bridgehead atoms. The molecular formula is C15H13NO5. The van der Waals surface area contributed by atoms with Gasteiger partial charge in [0.2, 0.25) is 0 Å². The van der Waals surface area contributed by atoms with Gasteiger partial charge in [-0.1, -0.05) is 12.1 Å². The number of rotatable bonds is 5. The van der Waals surface area contributed by atoms with Crippen LogP contribution in [0.4, 0.5) is 5.69 Å². The lowest BCUT2D eigenvalue weighted by atomic mass is 10.0. The summed E-state index contributed by atoms with van der Waals surface area (Å²) < 4.78 is 10.2. The Bertz CT molecular complexity index is 696. The molecule has 0 unspecified atom stereocenters. The van der Waals surface area contributed by atoms with Crippen LogP contribution in [0.15, 0.2) is 42.5 Å². The van der Waals surface area contributed by atoms with Gasteiger partial charge < -0.3 is 9.47 Å². The Hall–Kier alpha value is -2.89. The number of hydrogen-bond acceptors (Lipinski definition) is 5. The van der Waals surface area contributed by atoms with E-state index in [-0.39, 0.29) is 17.0 Å². The van der Waals surface area contributed by atoms with E-state index in [0.29, 0.717) is 17.1 Å². The molecule has 0 aliphatic heterocycles. The van der Waals surface area contributed by atoms with Crippen molar-refractivity contribution in [2.45, 2.75) is 0 Å². The molecule has 6 nitrogen and oxygen atoms in total. The van der Waals surface area contributed by atoms with Crippen molar-refractivity contribution in [1.29, 1.82) is 0 Å². The fourth-order valence-corrected chi connectivity index (χ4v) is 1.90. The van der Waals surface area contributed by atoms with Gasteiger partial charge in [0.05, 0.1) is 19.1 Å². The number of nitro groups is 1. The average molecular weight is 287 g/mol. The molecule has 0 saturated carbocycles. The van der Waals surface area contributed by atoms with Crippen molar-refractivity contribution in [2.24, 2.45) is 0 Å². The van der Waals surface area contributed by atoms with Crippen molar-refractivity contribution in [3.05, 3.63) is 63.7 Å². The SMILES string of the molecule is COc1ccc(C(=O)c2cccc([N+](=O)[O-])c2)cc1OC. The van der Waals surface area contributed by atoms with Crippen molar-refractivity contribution in [3.63, 3.8) is 0 Å². The quantitative estimate of drug-likeness (QED) is 0.480. The van der Waals surface area contributed by atoms with Gasteiger partial charge >= 0.3 is 0 Å². The van der Waals surface area contributed by atoms with Crippen LogP contribution in [-0.4, -0.2) is 24.9 Å². The van der Waals surface area contributed by atoms with Crippen molar-refractivity contribution in [3.8, 4) is 11.5 Å². The zero-order valence-corrected chi connectivity index (χ0v) is 11.5. The first-order valence-electron chi connectivity index (χ1n) is 6.08. The van der Waals surface area contributed by atoms with Crippen molar-refractivity contribution < 1.29 is 19.2 Å². The lowest BCUT2D eigenvalue weighted by Gasteiger charge is -2.09. The summed E-state index contributed by atoms with van der Waals surface area (Å²) in [6.45, 7) is 0. The predicted octanol–water partition coefficient (Wildman–Crippen LogP) is 2.84. The van der Waals surface area contributed by atoms with Crippen LogP contribution in [0, 0.1) is 10.1 Å². The number of carbonyl (C=O) groups is 1. The maximum Gasteiger partial charge on any atom is 0.270 e. The summed E-state index contributed by atoms with van der Waals surface area (Å²) in [6.07, 6.45) is 0. The van der Waals surface area contributed by atoms with Crippen LogP contribution in [0.2, 0.25) is 0 Å². The molecule has 0 radical (unpaired) electrons. The van der Waals surface area contributed by atoms with Crippen molar-refractivity contribution >= 4 is 11.5 Å². The number of non-ortho nitro benzene ring substituents is 1. The number of benzene rings is 2. The summed E-state index contributed by atoms with van der Waals surface area (Å²) in [5.41, 5.74) is 0.492. The molecule has 108 valence electrons. The molecule has 2 aromatic rings. The fourth-order valence-electron chi connectivity index (χ4n) is 1.90. The fraction of sp³-hybridized carbons (Fsp3) is 0.133. The number of hydrogen-bond donors (Lipinski definition) is 0. The highest BCUT2D eigenvalue weighted by Gasteiger charge is 2.15. The second-order valence-electron chi connectivity index (χ2n) is 4.21. The van der Waals surface area contributed by atoms with E-state index in [1.165, 1.54) is 38.5 Å². The first-order chi connectivity index (χ1) is 10.1. The number of ether oxygens (including phenoxy) is 2. The molecule has 0 aliphatic carbocycles. The Morgan fingerprint density at radius 1 is 1.00 bits per heavy atom. The third kappa shape index (κ3) is 3.00. The van der Waals surface area contributed by atoms with E-state index in [9.17, 15) is 14.9 Å². The van der Waals surface area contributed by atoms with Crippen LogP contribution < -0.4 is 9.47 Å². The molecule has 0 aliphatic rings. The number of carbonyl (C=O) groups excluding carboxylic acids is 1. The molecule has 0 heterocycles. The average Bonchev–Trinajstić information content (AvgIpc) is 2.53. The third-order valence-electron chi connectivity index (χ3n) is 2.96. The van der Waals surface area contributed by atoms with Gasteiger partial charge in [0.25, 0.3) is 5.69 Å². The van der Waals surface area contributed by atoms with Crippen LogP contribution in [0.5, 0.6) is 11.5 Å². The van der Waals surface area contributed by atoms with E-state index < -0.39 is 4.92 Å². The lowest BCUT2D eigenvalue weighted by Crippen LogP contribution is -2.03. The van der Waals surface area contributed by atoms with Crippen LogP contribution in [-0.2, 0) is 0 Å². The van der Waals surface area contributed by atoms with Gasteiger partial charge in [-0.15, -0.1) is 0 Å². The second-order valence-corrected chi connectivity index (χ2v) is 4.21. The number of ketones is 1. The predicted molar refractivity (Wildman–Crippen MR) is 76.1 cm³/mol. The van der Waals surface area contributed by atoms with Gasteiger partial charge in [-0.05, 0) is 18.2 Å². The van der Waals surface area contributed by atoms with Crippen LogP contribution in [0.3, 0.4) is 0 Å². The topological polar surface area (TPSA) is 78.7 Å². The highest BCUT2D eigenvalue weighted by Crippen LogP contribution is 2.28. The smallest absolute Gasteiger partial charge is 0.270 e. The summed E-state index contributed by atoms with van der Waals surface area (Å²) in [7, 11) is 2.97. The zero-order valence-electron chi connectivity index (χ0n) is 11.5. The van der Waals surface area contributed by atoms with Crippen LogP contribution in [0.1, 0.15) is 15.9 Å². The molecular weight excluding hydrogens is 274 g/mol. The standard InChI is InChI=1S/C15H13NO5/c1-20-13-7-6-11(9-14(13)21-2)15(17)10-4-3-5-12(8-10)16(18)19/h3-9H,1-2H3. The third-order valence-corrected chi connectivity index (χ3v) is 2.96. The molecule has 2 aromatic carbocycles. The molecule has 0 saturated heterocycles. The Balaban J connectivity index is 2.40. The molecule has 0 spiro atoms. The monoisotopic (exact) mass is 287 g/mol. The van der Waals surface area contributed by atoms with E-state index in [2.05, 4.69) is 0 Å². The minimum Gasteiger partial charge on any atom is -0.493 e. The molecule has 21 heavy (non-hydrogen) atoms. The van der Waals surface area contributed by atoms with E-state index in [1.807, 2.05) is 0 Å². The van der Waals surface area contributed by atoms with E-state index in [0.717, 1.165) is 0 Å². The Kier molecular flexibility index (Phi) is 4.18. The van der Waals surface area contributed by atoms with Gasteiger partial charge in [-0.3, -0.25) is 14.9 Å². The summed E-state index contributed by atoms with van der Waals surface area (Å²) in [6, 6.07) is 10.3. The maximum atomic E-state index is 12.4. The largest absolute Gasteiger partial charge is 0.493 e. The highest BCUT2D eigenvalue weighted by atomic mass is 16.6. The van der Waals surface area contributed by atoms with Gasteiger partial charge in [0, 0.05) is 23.3 Å².